The first-order valence-corrected chi connectivity index (χ1v) is 7.88. The van der Waals surface area contributed by atoms with Gasteiger partial charge in [-0.1, -0.05) is 17.7 Å². The molecule has 0 aliphatic carbocycles. The molecule has 1 N–H and O–H groups in total. The monoisotopic (exact) mass is 296 g/mol. The molecule has 4 heteroatoms. The van der Waals surface area contributed by atoms with Crippen LogP contribution in [-0.4, -0.2) is 30.6 Å². The van der Waals surface area contributed by atoms with Gasteiger partial charge in [0, 0.05) is 29.2 Å². The Hall–Kier alpha value is -0.640. The lowest BCUT2D eigenvalue weighted by atomic mass is 9.91. The highest BCUT2D eigenvalue weighted by Crippen LogP contribution is 2.37. The molecule has 0 aromatic heterocycles. The van der Waals surface area contributed by atoms with Crippen LogP contribution < -0.4 is 5.32 Å². The van der Waals surface area contributed by atoms with Gasteiger partial charge in [0.25, 0.3) is 0 Å². The van der Waals surface area contributed by atoms with Gasteiger partial charge in [0.15, 0.2) is 0 Å². The van der Waals surface area contributed by atoms with Gasteiger partial charge >= 0.3 is 0 Å². The molecular weight excluding hydrogens is 275 g/mol. The Labute approximate surface area is 125 Å². The second-order valence-corrected chi connectivity index (χ2v) is 6.63. The van der Waals surface area contributed by atoms with Crippen molar-refractivity contribution in [2.75, 3.05) is 13.6 Å². The van der Waals surface area contributed by atoms with Crippen molar-refractivity contribution in [3.05, 3.63) is 34.6 Å². The van der Waals surface area contributed by atoms with Crippen LogP contribution in [0, 0.1) is 11.7 Å². The minimum Gasteiger partial charge on any atom is -0.312 e. The highest BCUT2D eigenvalue weighted by molar-refractivity contribution is 6.31. The summed E-state index contributed by atoms with van der Waals surface area (Å²) in [6.45, 7) is 1.48. The average molecular weight is 297 g/mol. The number of hydrogen-bond donors (Lipinski definition) is 1. The van der Waals surface area contributed by atoms with Gasteiger partial charge in [0.2, 0.25) is 0 Å². The number of fused-ring (bicyclic) bond motifs is 2. The smallest absolute Gasteiger partial charge is 0.129 e. The summed E-state index contributed by atoms with van der Waals surface area (Å²) in [6, 6.07) is 6.39. The standard InChI is InChI=1S/C16H22ClFN2/c1-20-12-5-6-13(20)8-11(7-12)9-19-10-14-15(17)3-2-4-16(14)18/h2-4,11-13,19H,5-10H2,1H3. The number of piperidine rings is 1. The van der Waals surface area contributed by atoms with Crippen molar-refractivity contribution in [2.45, 2.75) is 44.3 Å². The third-order valence-electron chi connectivity index (χ3n) is 4.99. The zero-order valence-electron chi connectivity index (χ0n) is 11.9. The van der Waals surface area contributed by atoms with Gasteiger partial charge in [0.05, 0.1) is 0 Å². The molecule has 2 heterocycles. The highest BCUT2D eigenvalue weighted by Gasteiger charge is 2.37. The lowest BCUT2D eigenvalue weighted by molar-refractivity contribution is 0.133. The summed E-state index contributed by atoms with van der Waals surface area (Å²) in [7, 11) is 2.26. The lowest BCUT2D eigenvalue weighted by Gasteiger charge is -2.36. The van der Waals surface area contributed by atoms with Crippen molar-refractivity contribution in [2.24, 2.45) is 5.92 Å². The Bertz CT molecular complexity index is 445. The molecule has 1 aromatic rings. The maximum absolute atomic E-state index is 13.7. The molecule has 2 atom stereocenters. The molecule has 20 heavy (non-hydrogen) atoms. The van der Waals surface area contributed by atoms with Crippen molar-refractivity contribution in [3.63, 3.8) is 0 Å². The Kier molecular flexibility index (Phi) is 4.29. The number of rotatable bonds is 4. The van der Waals surface area contributed by atoms with E-state index in [-0.39, 0.29) is 5.82 Å². The lowest BCUT2D eigenvalue weighted by Crippen LogP contribution is -2.42. The maximum Gasteiger partial charge on any atom is 0.129 e. The summed E-state index contributed by atoms with van der Waals surface area (Å²) in [6.07, 6.45) is 5.23. The summed E-state index contributed by atoms with van der Waals surface area (Å²) < 4.78 is 13.7. The zero-order chi connectivity index (χ0) is 14.1. The van der Waals surface area contributed by atoms with Crippen LogP contribution in [0.25, 0.3) is 0 Å². The molecular formula is C16H22ClFN2. The number of benzene rings is 1. The summed E-state index contributed by atoms with van der Waals surface area (Å²) >= 11 is 6.04. The van der Waals surface area contributed by atoms with Crippen LogP contribution >= 0.6 is 11.6 Å². The highest BCUT2D eigenvalue weighted by atomic mass is 35.5. The Morgan fingerprint density at radius 1 is 1.30 bits per heavy atom. The van der Waals surface area contributed by atoms with E-state index in [1.54, 1.807) is 12.1 Å². The predicted octanol–water partition coefficient (Wildman–Crippen LogP) is 3.44. The van der Waals surface area contributed by atoms with E-state index in [1.165, 1.54) is 31.7 Å². The zero-order valence-corrected chi connectivity index (χ0v) is 12.7. The Morgan fingerprint density at radius 2 is 2.00 bits per heavy atom. The fourth-order valence-corrected chi connectivity index (χ4v) is 4.02. The number of hydrogen-bond acceptors (Lipinski definition) is 2. The van der Waals surface area contributed by atoms with Crippen LogP contribution in [0.4, 0.5) is 4.39 Å². The van der Waals surface area contributed by atoms with E-state index in [0.29, 0.717) is 23.0 Å². The van der Waals surface area contributed by atoms with Gasteiger partial charge in [0.1, 0.15) is 5.82 Å². The first-order valence-electron chi connectivity index (χ1n) is 7.50. The van der Waals surface area contributed by atoms with E-state index in [0.717, 1.165) is 18.6 Å². The average Bonchev–Trinajstić information content (AvgIpc) is 2.64. The summed E-state index contributed by atoms with van der Waals surface area (Å²) in [5.41, 5.74) is 0.588. The molecule has 0 spiro atoms. The minimum absolute atomic E-state index is 0.214. The van der Waals surface area contributed by atoms with Crippen LogP contribution in [0.1, 0.15) is 31.2 Å². The van der Waals surface area contributed by atoms with E-state index >= 15 is 0 Å². The molecule has 0 radical (unpaired) electrons. The first-order chi connectivity index (χ1) is 9.65. The SMILES string of the molecule is CN1C2CCC1CC(CNCc1c(F)cccc1Cl)C2. The summed E-state index contributed by atoms with van der Waals surface area (Å²) in [5.74, 6) is 0.502. The Balaban J connectivity index is 1.51. The van der Waals surface area contributed by atoms with Crippen LogP contribution in [-0.2, 0) is 6.54 Å². The largest absolute Gasteiger partial charge is 0.312 e. The fourth-order valence-electron chi connectivity index (χ4n) is 3.79. The fraction of sp³-hybridized carbons (Fsp3) is 0.625. The van der Waals surface area contributed by atoms with Gasteiger partial charge in [-0.25, -0.2) is 4.39 Å². The van der Waals surface area contributed by atoms with E-state index in [4.69, 9.17) is 11.6 Å². The number of halogens is 2. The van der Waals surface area contributed by atoms with E-state index in [2.05, 4.69) is 17.3 Å². The van der Waals surface area contributed by atoms with Crippen molar-refractivity contribution in [1.82, 2.24) is 10.2 Å². The number of nitrogens with zero attached hydrogens (tertiary/aromatic N) is 1. The van der Waals surface area contributed by atoms with Gasteiger partial charge in [-0.3, -0.25) is 0 Å². The first kappa shape index (κ1) is 14.3. The van der Waals surface area contributed by atoms with Crippen molar-refractivity contribution < 1.29 is 4.39 Å². The molecule has 2 aliphatic rings. The van der Waals surface area contributed by atoms with Crippen LogP contribution in [0.15, 0.2) is 18.2 Å². The molecule has 2 unspecified atom stereocenters. The van der Waals surface area contributed by atoms with Crippen LogP contribution in [0.3, 0.4) is 0 Å². The Morgan fingerprint density at radius 3 is 2.65 bits per heavy atom. The predicted molar refractivity (Wildman–Crippen MR) is 80.4 cm³/mol. The number of nitrogens with one attached hydrogen (secondary N) is 1. The van der Waals surface area contributed by atoms with Crippen molar-refractivity contribution >= 4 is 11.6 Å². The normalized spacial score (nSPS) is 29.9. The molecule has 2 nitrogen and oxygen atoms in total. The molecule has 2 saturated heterocycles. The van der Waals surface area contributed by atoms with E-state index < -0.39 is 0 Å². The molecule has 3 rings (SSSR count). The molecule has 1 aromatic carbocycles. The van der Waals surface area contributed by atoms with Gasteiger partial charge in [-0.05, 0) is 57.3 Å². The molecule has 2 aliphatic heterocycles. The second kappa shape index (κ2) is 6.00. The maximum atomic E-state index is 13.7. The molecule has 0 saturated carbocycles. The quantitative estimate of drug-likeness (QED) is 0.915. The van der Waals surface area contributed by atoms with E-state index in [9.17, 15) is 4.39 Å². The van der Waals surface area contributed by atoms with Crippen molar-refractivity contribution in [1.29, 1.82) is 0 Å². The topological polar surface area (TPSA) is 15.3 Å². The van der Waals surface area contributed by atoms with Gasteiger partial charge < -0.3 is 10.2 Å². The van der Waals surface area contributed by atoms with Gasteiger partial charge in [-0.15, -0.1) is 0 Å². The molecule has 110 valence electrons. The van der Waals surface area contributed by atoms with Gasteiger partial charge in [-0.2, -0.15) is 0 Å². The summed E-state index contributed by atoms with van der Waals surface area (Å²) in [5, 5.41) is 3.91. The molecule has 2 bridgehead atoms. The third-order valence-corrected chi connectivity index (χ3v) is 5.35. The minimum atomic E-state index is -0.214. The summed E-state index contributed by atoms with van der Waals surface area (Å²) in [4.78, 5) is 2.55. The van der Waals surface area contributed by atoms with Crippen LogP contribution in [0.2, 0.25) is 5.02 Å². The second-order valence-electron chi connectivity index (χ2n) is 6.22. The molecule has 0 amide bonds. The molecule has 2 fully saturated rings. The van der Waals surface area contributed by atoms with Crippen LogP contribution in [0.5, 0.6) is 0 Å². The van der Waals surface area contributed by atoms with E-state index in [1.807, 2.05) is 0 Å². The van der Waals surface area contributed by atoms with Crippen molar-refractivity contribution in [3.8, 4) is 0 Å². The third kappa shape index (κ3) is 2.85.